The van der Waals surface area contributed by atoms with Crippen molar-refractivity contribution in [1.29, 1.82) is 0 Å². The molecule has 2 aliphatic rings. The van der Waals surface area contributed by atoms with Crippen molar-refractivity contribution in [1.82, 2.24) is 10.3 Å². The van der Waals surface area contributed by atoms with Gasteiger partial charge in [-0.1, -0.05) is 6.07 Å². The van der Waals surface area contributed by atoms with Crippen molar-refractivity contribution in [3.8, 4) is 5.75 Å². The number of nitrogen functional groups attached to an aromatic ring is 1. The van der Waals surface area contributed by atoms with Crippen LogP contribution in [0.25, 0.3) is 10.9 Å². The van der Waals surface area contributed by atoms with E-state index in [9.17, 15) is 14.7 Å². The minimum atomic E-state index is -1.10. The average Bonchev–Trinajstić information content (AvgIpc) is 2.80. The molecule has 1 amide bonds. The number of aryl methyl sites for hydroxylation is 1. The zero-order valence-corrected chi connectivity index (χ0v) is 19.5. The molecule has 9 nitrogen and oxygen atoms in total. The summed E-state index contributed by atoms with van der Waals surface area (Å²) in [7, 11) is 0. The monoisotopic (exact) mass is 471 g/mol. The molecule has 0 bridgehead atoms. The lowest BCUT2D eigenvalue weighted by Crippen LogP contribution is -2.41. The van der Waals surface area contributed by atoms with Crippen molar-refractivity contribution in [2.24, 2.45) is 5.92 Å². The van der Waals surface area contributed by atoms with E-state index in [0.29, 0.717) is 34.9 Å². The highest BCUT2D eigenvalue weighted by Crippen LogP contribution is 2.35. The maximum atomic E-state index is 12.3. The standard InChI is InChI=1S/C25H33N3O6/c1-15-22(25(30)31)24(26)23-19(27-15)3-2-4-20(23)34-18-7-5-17(6-8-18)28-21(29)14-33-13-16-9-11-32-12-10-16/h2-4,16-18H,5-14H2,1H3,(H2,26,27)(H,28,29)(H,30,31)/t17-,18-. The molecule has 34 heavy (non-hydrogen) atoms. The zero-order chi connectivity index (χ0) is 24.1. The zero-order valence-electron chi connectivity index (χ0n) is 19.5. The third-order valence-electron chi connectivity index (χ3n) is 6.67. The van der Waals surface area contributed by atoms with Gasteiger partial charge in [0.1, 0.15) is 17.9 Å². The van der Waals surface area contributed by atoms with Gasteiger partial charge in [0.25, 0.3) is 0 Å². The number of fused-ring (bicyclic) bond motifs is 1. The summed E-state index contributed by atoms with van der Waals surface area (Å²) in [6.45, 7) is 3.87. The van der Waals surface area contributed by atoms with Crippen LogP contribution in [-0.4, -0.2) is 60.5 Å². The number of rotatable bonds is 8. The first-order valence-electron chi connectivity index (χ1n) is 12.0. The maximum absolute atomic E-state index is 12.3. The lowest BCUT2D eigenvalue weighted by molar-refractivity contribution is -0.127. The number of carbonyl (C=O) groups is 2. The molecule has 2 fully saturated rings. The Bertz CT molecular complexity index is 1030. The highest BCUT2D eigenvalue weighted by Gasteiger charge is 2.26. The minimum absolute atomic E-state index is 0.00834. The van der Waals surface area contributed by atoms with Crippen LogP contribution in [0.15, 0.2) is 18.2 Å². The van der Waals surface area contributed by atoms with Gasteiger partial charge in [-0.3, -0.25) is 9.78 Å². The van der Waals surface area contributed by atoms with Gasteiger partial charge in [-0.05, 0) is 63.5 Å². The van der Waals surface area contributed by atoms with Crippen LogP contribution >= 0.6 is 0 Å². The molecule has 1 saturated carbocycles. The maximum Gasteiger partial charge on any atom is 0.339 e. The Morgan fingerprint density at radius 3 is 2.62 bits per heavy atom. The molecule has 2 heterocycles. The molecule has 0 radical (unpaired) electrons. The molecular formula is C25H33N3O6. The summed E-state index contributed by atoms with van der Waals surface area (Å²) in [5.41, 5.74) is 7.39. The third kappa shape index (κ3) is 5.77. The van der Waals surface area contributed by atoms with Gasteiger partial charge in [0, 0.05) is 19.3 Å². The Hall–Kier alpha value is -2.91. The molecule has 0 unspecified atom stereocenters. The number of ether oxygens (including phenoxy) is 3. The number of nitrogens with two attached hydrogens (primary N) is 1. The number of pyridine rings is 1. The molecule has 1 aromatic carbocycles. The second kappa shape index (κ2) is 11.0. The van der Waals surface area contributed by atoms with E-state index in [2.05, 4.69) is 10.3 Å². The number of anilines is 1. The molecule has 0 atom stereocenters. The van der Waals surface area contributed by atoms with Gasteiger partial charge < -0.3 is 30.4 Å². The minimum Gasteiger partial charge on any atom is -0.490 e. The Morgan fingerprint density at radius 1 is 1.18 bits per heavy atom. The van der Waals surface area contributed by atoms with Gasteiger partial charge in [-0.25, -0.2) is 4.79 Å². The lowest BCUT2D eigenvalue weighted by atomic mass is 9.93. The summed E-state index contributed by atoms with van der Waals surface area (Å²) in [6.07, 6.45) is 5.08. The number of nitrogens with zero attached hydrogens (tertiary/aromatic N) is 1. The van der Waals surface area contributed by atoms with Crippen LogP contribution in [0.1, 0.15) is 54.6 Å². The van der Waals surface area contributed by atoms with E-state index in [1.165, 1.54) is 0 Å². The van der Waals surface area contributed by atoms with E-state index in [-0.39, 0.29) is 35.9 Å². The summed E-state index contributed by atoms with van der Waals surface area (Å²) in [5.74, 6) is -0.171. The van der Waals surface area contributed by atoms with Crippen LogP contribution in [-0.2, 0) is 14.3 Å². The molecule has 2 aromatic rings. The molecule has 1 aliphatic heterocycles. The number of amides is 1. The SMILES string of the molecule is Cc1nc2cccc(O[C@H]3CC[C@H](NC(=O)COCC4CCOCC4)CC3)c2c(N)c1C(=O)O. The normalized spacial score (nSPS) is 21.3. The fourth-order valence-electron chi connectivity index (χ4n) is 4.81. The van der Waals surface area contributed by atoms with E-state index in [0.717, 1.165) is 51.7 Å². The number of benzene rings is 1. The van der Waals surface area contributed by atoms with Crippen LogP contribution in [0.2, 0.25) is 0 Å². The number of aromatic nitrogens is 1. The average molecular weight is 472 g/mol. The Balaban J connectivity index is 1.29. The van der Waals surface area contributed by atoms with E-state index in [1.54, 1.807) is 19.1 Å². The number of hydrogen-bond acceptors (Lipinski definition) is 7. The quantitative estimate of drug-likeness (QED) is 0.535. The summed E-state index contributed by atoms with van der Waals surface area (Å²) >= 11 is 0. The van der Waals surface area contributed by atoms with E-state index in [4.69, 9.17) is 19.9 Å². The van der Waals surface area contributed by atoms with Gasteiger partial charge >= 0.3 is 5.97 Å². The number of nitrogens with one attached hydrogen (secondary N) is 1. The van der Waals surface area contributed by atoms with E-state index >= 15 is 0 Å². The molecule has 1 aliphatic carbocycles. The number of hydrogen-bond donors (Lipinski definition) is 3. The summed E-state index contributed by atoms with van der Waals surface area (Å²) in [6, 6.07) is 5.52. The van der Waals surface area contributed by atoms with Crippen LogP contribution < -0.4 is 15.8 Å². The van der Waals surface area contributed by atoms with Crippen LogP contribution in [0.3, 0.4) is 0 Å². The van der Waals surface area contributed by atoms with Crippen molar-refractivity contribution in [2.75, 3.05) is 32.2 Å². The largest absolute Gasteiger partial charge is 0.490 e. The van der Waals surface area contributed by atoms with E-state index < -0.39 is 5.97 Å². The summed E-state index contributed by atoms with van der Waals surface area (Å²) in [5, 5.41) is 13.1. The summed E-state index contributed by atoms with van der Waals surface area (Å²) in [4.78, 5) is 28.3. The molecule has 9 heteroatoms. The second-order valence-electron chi connectivity index (χ2n) is 9.17. The molecule has 1 aromatic heterocycles. The van der Waals surface area contributed by atoms with Crippen molar-refractivity contribution in [3.05, 3.63) is 29.5 Å². The lowest BCUT2D eigenvalue weighted by Gasteiger charge is -2.30. The fourth-order valence-corrected chi connectivity index (χ4v) is 4.81. The predicted octanol–water partition coefficient (Wildman–Crippen LogP) is 3.07. The first-order chi connectivity index (χ1) is 16.4. The number of carbonyl (C=O) groups excluding carboxylic acids is 1. The molecule has 1 saturated heterocycles. The Kier molecular flexibility index (Phi) is 7.84. The first-order valence-corrected chi connectivity index (χ1v) is 12.0. The number of aromatic carboxylic acids is 1. The van der Waals surface area contributed by atoms with Crippen LogP contribution in [0.5, 0.6) is 5.75 Å². The summed E-state index contributed by atoms with van der Waals surface area (Å²) < 4.78 is 17.2. The van der Waals surface area contributed by atoms with Crippen molar-refractivity contribution in [3.63, 3.8) is 0 Å². The molecule has 0 spiro atoms. The highest BCUT2D eigenvalue weighted by atomic mass is 16.5. The van der Waals surface area contributed by atoms with Crippen molar-refractivity contribution < 1.29 is 28.9 Å². The van der Waals surface area contributed by atoms with Crippen molar-refractivity contribution in [2.45, 2.75) is 57.6 Å². The smallest absolute Gasteiger partial charge is 0.339 e. The topological polar surface area (TPSA) is 133 Å². The molecule has 4 rings (SSSR count). The van der Waals surface area contributed by atoms with Gasteiger partial charge in [0.15, 0.2) is 0 Å². The third-order valence-corrected chi connectivity index (χ3v) is 6.67. The van der Waals surface area contributed by atoms with Gasteiger partial charge in [0.05, 0.1) is 35.0 Å². The van der Waals surface area contributed by atoms with Gasteiger partial charge in [-0.2, -0.15) is 0 Å². The van der Waals surface area contributed by atoms with Gasteiger partial charge in [0.2, 0.25) is 5.91 Å². The Morgan fingerprint density at radius 2 is 1.91 bits per heavy atom. The molecular weight excluding hydrogens is 438 g/mol. The number of carboxylic acid groups (broad SMARTS) is 1. The molecule has 4 N–H and O–H groups in total. The van der Waals surface area contributed by atoms with Crippen molar-refractivity contribution >= 4 is 28.5 Å². The highest BCUT2D eigenvalue weighted by molar-refractivity contribution is 6.06. The second-order valence-corrected chi connectivity index (χ2v) is 9.17. The van der Waals surface area contributed by atoms with E-state index in [1.807, 2.05) is 6.07 Å². The van der Waals surface area contributed by atoms with Crippen LogP contribution in [0, 0.1) is 12.8 Å². The van der Waals surface area contributed by atoms with Crippen LogP contribution in [0.4, 0.5) is 5.69 Å². The molecule has 184 valence electrons. The Labute approximate surface area is 199 Å². The number of carboxylic acids is 1. The predicted molar refractivity (Wildman–Crippen MR) is 127 cm³/mol. The fraction of sp³-hybridized carbons (Fsp3) is 0.560. The first kappa shape index (κ1) is 24.2. The van der Waals surface area contributed by atoms with Gasteiger partial charge in [-0.15, -0.1) is 0 Å².